The van der Waals surface area contributed by atoms with Crippen LogP contribution in [0.4, 0.5) is 8.78 Å². The van der Waals surface area contributed by atoms with Crippen molar-refractivity contribution in [3.8, 4) is 0 Å². The molecule has 0 saturated carbocycles. The fourth-order valence-corrected chi connectivity index (χ4v) is 3.50. The summed E-state index contributed by atoms with van der Waals surface area (Å²) < 4.78 is 54.1. The Kier molecular flexibility index (Phi) is 5.37. The number of alkyl halides is 2. The topological polar surface area (TPSA) is 81.8 Å². The molecule has 2 aromatic rings. The van der Waals surface area contributed by atoms with Gasteiger partial charge in [0.1, 0.15) is 4.90 Å². The zero-order valence-corrected chi connectivity index (χ0v) is 14.0. The number of aromatic nitrogens is 4. The molecule has 1 N–H and O–H groups in total. The summed E-state index contributed by atoms with van der Waals surface area (Å²) in [6, 6.07) is 0. The van der Waals surface area contributed by atoms with E-state index in [9.17, 15) is 17.2 Å². The molecule has 0 fully saturated rings. The van der Waals surface area contributed by atoms with Crippen LogP contribution in [0.2, 0.25) is 5.02 Å². The third kappa shape index (κ3) is 4.27. The smallest absolute Gasteiger partial charge is 0.271 e. The highest BCUT2D eigenvalue weighted by Gasteiger charge is 2.23. The normalized spacial score (nSPS) is 13.7. The van der Waals surface area contributed by atoms with E-state index in [0.29, 0.717) is 16.2 Å². The summed E-state index contributed by atoms with van der Waals surface area (Å²) >= 11 is 5.75. The van der Waals surface area contributed by atoms with Crippen molar-refractivity contribution in [1.29, 1.82) is 0 Å². The number of rotatable bonds is 7. The molecular formula is C12H16ClF2N5O2S. The van der Waals surface area contributed by atoms with Gasteiger partial charge >= 0.3 is 6.55 Å². The molecule has 11 heteroatoms. The number of hydrogen-bond donors (Lipinski definition) is 1. The van der Waals surface area contributed by atoms with E-state index in [1.165, 1.54) is 13.1 Å². The first kappa shape index (κ1) is 17.8. The lowest BCUT2D eigenvalue weighted by Crippen LogP contribution is -2.30. The molecule has 7 nitrogen and oxygen atoms in total. The van der Waals surface area contributed by atoms with Crippen molar-refractivity contribution in [3.05, 3.63) is 29.3 Å². The van der Waals surface area contributed by atoms with E-state index < -0.39 is 16.6 Å². The van der Waals surface area contributed by atoms with Gasteiger partial charge in [-0.25, -0.2) is 17.8 Å². The van der Waals surface area contributed by atoms with Crippen molar-refractivity contribution in [2.45, 2.75) is 31.8 Å². The van der Waals surface area contributed by atoms with Crippen LogP contribution in [0.25, 0.3) is 0 Å². The van der Waals surface area contributed by atoms with Crippen LogP contribution in [0.5, 0.6) is 0 Å². The monoisotopic (exact) mass is 367 g/mol. The van der Waals surface area contributed by atoms with E-state index >= 15 is 0 Å². The van der Waals surface area contributed by atoms with Crippen molar-refractivity contribution >= 4 is 21.6 Å². The third-order valence-electron chi connectivity index (χ3n) is 3.20. The molecule has 0 aliphatic heterocycles. The lowest BCUT2D eigenvalue weighted by Gasteiger charge is -2.13. The second kappa shape index (κ2) is 6.93. The van der Waals surface area contributed by atoms with Gasteiger partial charge in [-0.2, -0.15) is 19.0 Å². The molecule has 0 spiro atoms. The van der Waals surface area contributed by atoms with Gasteiger partial charge in [0, 0.05) is 19.3 Å². The zero-order valence-electron chi connectivity index (χ0n) is 12.4. The number of halogens is 3. The van der Waals surface area contributed by atoms with Crippen LogP contribution in [-0.4, -0.2) is 34.5 Å². The zero-order chi connectivity index (χ0) is 17.2. The molecule has 0 saturated heterocycles. The van der Waals surface area contributed by atoms with Gasteiger partial charge < -0.3 is 0 Å². The Morgan fingerprint density at radius 1 is 1.35 bits per heavy atom. The Labute approximate surface area is 137 Å². The van der Waals surface area contributed by atoms with Gasteiger partial charge in [0.2, 0.25) is 10.0 Å². The van der Waals surface area contributed by atoms with Crippen molar-refractivity contribution < 1.29 is 17.2 Å². The number of sulfonamides is 1. The summed E-state index contributed by atoms with van der Waals surface area (Å²) in [6.45, 7) is 0.808. The summed E-state index contributed by atoms with van der Waals surface area (Å²) in [5.41, 5.74) is -0.112. The summed E-state index contributed by atoms with van der Waals surface area (Å²) in [6.07, 6.45) is 4.03. The Hall–Kier alpha value is -1.52. The molecule has 23 heavy (non-hydrogen) atoms. The summed E-state index contributed by atoms with van der Waals surface area (Å²) in [4.78, 5) is -0.257. The van der Waals surface area contributed by atoms with E-state index in [4.69, 9.17) is 11.6 Å². The molecule has 1 atom stereocenters. The number of nitrogens with one attached hydrogen (secondary N) is 1. The first-order chi connectivity index (χ1) is 10.7. The first-order valence-corrected chi connectivity index (χ1v) is 8.56. The molecule has 2 aromatic heterocycles. The second-order valence-electron chi connectivity index (χ2n) is 5.15. The Balaban J connectivity index is 2.01. The standard InChI is InChI=1S/C12H16ClF2N5O2S/c1-8(6-19-7-10(13)4-16-19)3-18-23(21,22)11-5-17-20(9(11)2)12(14)15/h4-5,7-8,12,18H,3,6H2,1-2H3/t8-/m1/s1. The van der Waals surface area contributed by atoms with Crippen LogP contribution in [0.3, 0.4) is 0 Å². The molecule has 0 unspecified atom stereocenters. The molecule has 0 radical (unpaired) electrons. The summed E-state index contributed by atoms with van der Waals surface area (Å²) in [5.74, 6) is -0.0776. The lowest BCUT2D eigenvalue weighted by molar-refractivity contribution is 0.0541. The van der Waals surface area contributed by atoms with Crippen molar-refractivity contribution in [3.63, 3.8) is 0 Å². The van der Waals surface area contributed by atoms with Crippen LogP contribution in [0.15, 0.2) is 23.5 Å². The van der Waals surface area contributed by atoms with Crippen LogP contribution in [-0.2, 0) is 16.6 Å². The highest BCUT2D eigenvalue weighted by molar-refractivity contribution is 7.89. The highest BCUT2D eigenvalue weighted by atomic mass is 35.5. The second-order valence-corrected chi connectivity index (χ2v) is 7.33. The van der Waals surface area contributed by atoms with E-state index in [2.05, 4.69) is 14.9 Å². The number of hydrogen-bond acceptors (Lipinski definition) is 4. The SMILES string of the molecule is Cc1c(S(=O)(=O)NC[C@@H](C)Cn2cc(Cl)cn2)cnn1C(F)F. The molecular weight excluding hydrogens is 352 g/mol. The number of nitrogens with zero attached hydrogens (tertiary/aromatic N) is 4. The molecule has 128 valence electrons. The third-order valence-corrected chi connectivity index (χ3v) is 4.92. The van der Waals surface area contributed by atoms with E-state index in [-0.39, 0.29) is 23.1 Å². The maximum absolute atomic E-state index is 12.7. The quantitative estimate of drug-likeness (QED) is 0.812. The predicted octanol–water partition coefficient (Wildman–Crippen LogP) is 2.05. The molecule has 0 aliphatic carbocycles. The van der Waals surface area contributed by atoms with Gasteiger partial charge in [0.25, 0.3) is 0 Å². The Morgan fingerprint density at radius 2 is 2.04 bits per heavy atom. The maximum Gasteiger partial charge on any atom is 0.333 e. The van der Waals surface area contributed by atoms with Gasteiger partial charge in [0.15, 0.2) is 0 Å². The minimum Gasteiger partial charge on any atom is -0.271 e. The highest BCUT2D eigenvalue weighted by Crippen LogP contribution is 2.19. The molecule has 0 amide bonds. The van der Waals surface area contributed by atoms with Crippen LogP contribution in [0.1, 0.15) is 19.2 Å². The minimum atomic E-state index is -3.91. The van der Waals surface area contributed by atoms with E-state index in [1.807, 2.05) is 6.92 Å². The van der Waals surface area contributed by atoms with E-state index in [1.54, 1.807) is 10.9 Å². The molecule has 2 rings (SSSR count). The minimum absolute atomic E-state index is 0.0776. The summed E-state index contributed by atoms with van der Waals surface area (Å²) in [5, 5.41) is 7.90. The fourth-order valence-electron chi connectivity index (χ4n) is 2.02. The van der Waals surface area contributed by atoms with Gasteiger partial charge in [-0.3, -0.25) is 4.68 Å². The Bertz CT molecular complexity index is 774. The Morgan fingerprint density at radius 3 is 2.57 bits per heavy atom. The predicted molar refractivity (Wildman–Crippen MR) is 79.8 cm³/mol. The van der Waals surface area contributed by atoms with Crippen LogP contribution < -0.4 is 4.72 Å². The van der Waals surface area contributed by atoms with Crippen molar-refractivity contribution in [2.75, 3.05) is 6.54 Å². The average Bonchev–Trinajstić information content (AvgIpc) is 3.03. The largest absolute Gasteiger partial charge is 0.333 e. The lowest BCUT2D eigenvalue weighted by atomic mass is 10.2. The van der Waals surface area contributed by atoms with Crippen LogP contribution in [0, 0.1) is 12.8 Å². The van der Waals surface area contributed by atoms with E-state index in [0.717, 1.165) is 6.20 Å². The molecule has 2 heterocycles. The van der Waals surface area contributed by atoms with Gasteiger partial charge in [-0.1, -0.05) is 18.5 Å². The average molecular weight is 368 g/mol. The van der Waals surface area contributed by atoms with Gasteiger partial charge in [0.05, 0.1) is 23.1 Å². The maximum atomic E-state index is 12.7. The van der Waals surface area contributed by atoms with Gasteiger partial charge in [-0.05, 0) is 12.8 Å². The van der Waals surface area contributed by atoms with Crippen molar-refractivity contribution in [1.82, 2.24) is 24.3 Å². The van der Waals surface area contributed by atoms with Crippen LogP contribution >= 0.6 is 11.6 Å². The molecule has 0 bridgehead atoms. The van der Waals surface area contributed by atoms with Crippen molar-refractivity contribution in [2.24, 2.45) is 5.92 Å². The fraction of sp³-hybridized carbons (Fsp3) is 0.500. The summed E-state index contributed by atoms with van der Waals surface area (Å²) in [7, 11) is -3.91. The van der Waals surface area contributed by atoms with Gasteiger partial charge in [-0.15, -0.1) is 0 Å². The molecule has 0 aliphatic rings. The first-order valence-electron chi connectivity index (χ1n) is 6.70. The molecule has 0 aromatic carbocycles.